The van der Waals surface area contributed by atoms with Crippen LogP contribution in [-0.2, 0) is 16.1 Å². The summed E-state index contributed by atoms with van der Waals surface area (Å²) in [6.07, 6.45) is 5.92. The number of hydrogen-bond acceptors (Lipinski definition) is 3. The first-order valence-corrected chi connectivity index (χ1v) is 10.3. The maximum absolute atomic E-state index is 13.1. The molecular weight excluding hydrogens is 354 g/mol. The number of carbonyl (C=O) groups is 3. The van der Waals surface area contributed by atoms with Gasteiger partial charge in [0.25, 0.3) is 0 Å². The van der Waals surface area contributed by atoms with E-state index in [2.05, 4.69) is 5.32 Å². The molecular formula is C22H27N3O3. The maximum atomic E-state index is 13.1. The Morgan fingerprint density at radius 2 is 2.00 bits per heavy atom. The number of rotatable bonds is 5. The van der Waals surface area contributed by atoms with Crippen LogP contribution in [0.25, 0.3) is 10.9 Å². The third-order valence-corrected chi connectivity index (χ3v) is 5.93. The molecule has 2 fully saturated rings. The minimum atomic E-state index is -0.112. The summed E-state index contributed by atoms with van der Waals surface area (Å²) in [7, 11) is 0. The Morgan fingerprint density at radius 1 is 1.18 bits per heavy atom. The summed E-state index contributed by atoms with van der Waals surface area (Å²) in [4.78, 5) is 39.7. The van der Waals surface area contributed by atoms with E-state index in [0.717, 1.165) is 36.6 Å². The van der Waals surface area contributed by atoms with Gasteiger partial charge in [-0.05, 0) is 25.3 Å². The van der Waals surface area contributed by atoms with Gasteiger partial charge < -0.3 is 14.8 Å². The second-order valence-corrected chi connectivity index (χ2v) is 7.99. The fourth-order valence-corrected chi connectivity index (χ4v) is 4.46. The SMILES string of the molecule is CCCC(=O)c1cn(CC(=O)N2C[C@@H]3CCC[C@H](C2)C(=O)N3)c2ccccc12. The van der Waals surface area contributed by atoms with Crippen molar-refractivity contribution in [2.75, 3.05) is 13.1 Å². The average Bonchev–Trinajstić information content (AvgIpc) is 2.81. The van der Waals surface area contributed by atoms with Gasteiger partial charge in [-0.15, -0.1) is 0 Å². The zero-order valence-corrected chi connectivity index (χ0v) is 16.3. The van der Waals surface area contributed by atoms with Crippen LogP contribution in [0.5, 0.6) is 0 Å². The topological polar surface area (TPSA) is 71.4 Å². The molecule has 6 nitrogen and oxygen atoms in total. The van der Waals surface area contributed by atoms with Gasteiger partial charge in [0, 0.05) is 48.2 Å². The molecule has 0 spiro atoms. The van der Waals surface area contributed by atoms with Gasteiger partial charge in [0.1, 0.15) is 6.54 Å². The van der Waals surface area contributed by atoms with E-state index < -0.39 is 0 Å². The van der Waals surface area contributed by atoms with Gasteiger partial charge in [-0.2, -0.15) is 0 Å². The molecule has 2 aliphatic rings. The lowest BCUT2D eigenvalue weighted by atomic mass is 9.99. The Balaban J connectivity index is 1.59. The van der Waals surface area contributed by atoms with E-state index in [-0.39, 0.29) is 36.1 Å². The normalized spacial score (nSPS) is 22.0. The zero-order chi connectivity index (χ0) is 19.7. The molecule has 0 radical (unpaired) electrons. The summed E-state index contributed by atoms with van der Waals surface area (Å²) in [6.45, 7) is 3.24. The smallest absolute Gasteiger partial charge is 0.242 e. The minimum absolute atomic E-state index is 0.00337. The summed E-state index contributed by atoms with van der Waals surface area (Å²) in [5, 5.41) is 3.97. The first kappa shape index (κ1) is 18.7. The molecule has 4 rings (SSSR count). The number of likely N-dealkylation sites (tertiary alicyclic amines) is 1. The van der Waals surface area contributed by atoms with Crippen molar-refractivity contribution in [3.63, 3.8) is 0 Å². The lowest BCUT2D eigenvalue weighted by molar-refractivity contribution is -0.133. The first-order chi connectivity index (χ1) is 13.6. The predicted octanol–water partition coefficient (Wildman–Crippen LogP) is 2.75. The summed E-state index contributed by atoms with van der Waals surface area (Å²) >= 11 is 0. The Bertz CT molecular complexity index is 917. The molecule has 2 bridgehead atoms. The standard InChI is InChI=1S/C22H27N3O3/c1-2-6-20(26)18-13-24(19-10-4-3-9-17(18)19)14-21(27)25-11-15-7-5-8-16(12-25)23-22(15)28/h3-4,9-10,13,15-16H,2,5-8,11-12,14H2,1H3,(H,23,28)/t15-,16+/m1/s1. The number of aromatic nitrogens is 1. The third kappa shape index (κ3) is 3.55. The fourth-order valence-electron chi connectivity index (χ4n) is 4.46. The Hall–Kier alpha value is -2.63. The summed E-state index contributed by atoms with van der Waals surface area (Å²) in [5.74, 6) is 0.0869. The highest BCUT2D eigenvalue weighted by molar-refractivity contribution is 6.08. The van der Waals surface area contributed by atoms with Crippen LogP contribution in [0.3, 0.4) is 0 Å². The van der Waals surface area contributed by atoms with Crippen LogP contribution in [0.4, 0.5) is 0 Å². The molecule has 2 amide bonds. The predicted molar refractivity (Wildman–Crippen MR) is 107 cm³/mol. The number of nitrogens with zero attached hydrogens (tertiary/aromatic N) is 2. The second-order valence-electron chi connectivity index (χ2n) is 7.99. The van der Waals surface area contributed by atoms with E-state index in [9.17, 15) is 14.4 Å². The molecule has 2 saturated heterocycles. The summed E-state index contributed by atoms with van der Waals surface area (Å²) in [6, 6.07) is 7.79. The molecule has 1 N–H and O–H groups in total. The van der Waals surface area contributed by atoms with E-state index >= 15 is 0 Å². The van der Waals surface area contributed by atoms with Gasteiger partial charge in [0.2, 0.25) is 11.8 Å². The number of ketones is 1. The molecule has 3 heterocycles. The van der Waals surface area contributed by atoms with Crippen LogP contribution < -0.4 is 5.32 Å². The van der Waals surface area contributed by atoms with Crippen LogP contribution >= 0.6 is 0 Å². The van der Waals surface area contributed by atoms with Crippen LogP contribution in [0.1, 0.15) is 49.4 Å². The molecule has 148 valence electrons. The number of carbonyl (C=O) groups excluding carboxylic acids is 3. The third-order valence-electron chi connectivity index (χ3n) is 5.93. The van der Waals surface area contributed by atoms with Gasteiger partial charge in [-0.25, -0.2) is 0 Å². The van der Waals surface area contributed by atoms with E-state index in [1.165, 1.54) is 0 Å². The first-order valence-electron chi connectivity index (χ1n) is 10.3. The molecule has 2 aliphatic heterocycles. The molecule has 1 aromatic heterocycles. The number of amides is 2. The number of fused-ring (bicyclic) bond motifs is 4. The van der Waals surface area contributed by atoms with E-state index in [1.807, 2.05) is 46.9 Å². The van der Waals surface area contributed by atoms with E-state index in [1.54, 1.807) is 0 Å². The van der Waals surface area contributed by atoms with Crippen LogP contribution in [0, 0.1) is 5.92 Å². The number of hydrogen-bond donors (Lipinski definition) is 1. The molecule has 0 aliphatic carbocycles. The molecule has 2 atom stereocenters. The highest BCUT2D eigenvalue weighted by Crippen LogP contribution is 2.25. The van der Waals surface area contributed by atoms with Crippen molar-refractivity contribution in [2.24, 2.45) is 5.92 Å². The highest BCUT2D eigenvalue weighted by atomic mass is 16.2. The molecule has 1 aromatic carbocycles. The maximum Gasteiger partial charge on any atom is 0.242 e. The van der Waals surface area contributed by atoms with Crippen molar-refractivity contribution in [3.05, 3.63) is 36.0 Å². The molecule has 28 heavy (non-hydrogen) atoms. The van der Waals surface area contributed by atoms with E-state index in [0.29, 0.717) is 25.1 Å². The number of benzene rings is 1. The number of para-hydroxylation sites is 1. The Morgan fingerprint density at radius 3 is 2.82 bits per heavy atom. The van der Waals surface area contributed by atoms with Crippen LogP contribution in [-0.4, -0.2) is 46.2 Å². The number of nitrogens with one attached hydrogen (secondary N) is 1. The van der Waals surface area contributed by atoms with Crippen LogP contribution in [0.15, 0.2) is 30.5 Å². The van der Waals surface area contributed by atoms with Crippen molar-refractivity contribution < 1.29 is 14.4 Å². The summed E-state index contributed by atoms with van der Waals surface area (Å²) in [5.41, 5.74) is 1.59. The molecule has 2 aromatic rings. The molecule has 6 heteroatoms. The summed E-state index contributed by atoms with van der Waals surface area (Å²) < 4.78 is 1.89. The van der Waals surface area contributed by atoms with Crippen molar-refractivity contribution in [1.82, 2.24) is 14.8 Å². The van der Waals surface area contributed by atoms with Crippen molar-refractivity contribution in [3.8, 4) is 0 Å². The Kier molecular flexibility index (Phi) is 5.20. The van der Waals surface area contributed by atoms with Gasteiger partial charge >= 0.3 is 0 Å². The van der Waals surface area contributed by atoms with Gasteiger partial charge in [0.05, 0.1) is 5.92 Å². The van der Waals surface area contributed by atoms with Crippen molar-refractivity contribution >= 4 is 28.5 Å². The zero-order valence-electron chi connectivity index (χ0n) is 16.3. The second kappa shape index (κ2) is 7.78. The van der Waals surface area contributed by atoms with Gasteiger partial charge in [-0.3, -0.25) is 14.4 Å². The minimum Gasteiger partial charge on any atom is -0.351 e. The van der Waals surface area contributed by atoms with Gasteiger partial charge in [0.15, 0.2) is 5.78 Å². The highest BCUT2D eigenvalue weighted by Gasteiger charge is 2.34. The lowest BCUT2D eigenvalue weighted by Gasteiger charge is -2.27. The van der Waals surface area contributed by atoms with Crippen LogP contribution in [0.2, 0.25) is 0 Å². The Labute approximate surface area is 164 Å². The lowest BCUT2D eigenvalue weighted by Crippen LogP contribution is -2.42. The van der Waals surface area contributed by atoms with E-state index in [4.69, 9.17) is 0 Å². The van der Waals surface area contributed by atoms with Crippen molar-refractivity contribution in [2.45, 2.75) is 51.6 Å². The molecule has 0 unspecified atom stereocenters. The van der Waals surface area contributed by atoms with Gasteiger partial charge in [-0.1, -0.05) is 31.5 Å². The fraction of sp³-hybridized carbons (Fsp3) is 0.500. The average molecular weight is 381 g/mol. The number of Topliss-reactive ketones (excluding diaryl/α,β-unsaturated/α-hetero) is 1. The largest absolute Gasteiger partial charge is 0.351 e. The quantitative estimate of drug-likeness (QED) is 0.810. The monoisotopic (exact) mass is 381 g/mol. The molecule has 0 saturated carbocycles. The van der Waals surface area contributed by atoms with Crippen molar-refractivity contribution in [1.29, 1.82) is 0 Å².